The van der Waals surface area contributed by atoms with E-state index >= 15 is 0 Å². The van der Waals surface area contributed by atoms with Crippen LogP contribution in [0.25, 0.3) is 11.3 Å². The number of hydrogen-bond acceptors (Lipinski definition) is 6. The van der Waals surface area contributed by atoms with Crippen molar-refractivity contribution >= 4 is 5.82 Å². The second-order valence-electron chi connectivity index (χ2n) is 8.77. The largest absolute Gasteiger partial charge is 0.573 e. The Morgan fingerprint density at radius 3 is 2.59 bits per heavy atom. The summed E-state index contributed by atoms with van der Waals surface area (Å²) in [6, 6.07) is 1.10. The number of rotatable bonds is 8. The van der Waals surface area contributed by atoms with Crippen molar-refractivity contribution in [1.29, 1.82) is 0 Å². The lowest BCUT2D eigenvalue weighted by molar-refractivity contribution is -0.274. The number of nitrogens with two attached hydrogens (primary N) is 1. The van der Waals surface area contributed by atoms with Gasteiger partial charge in [0.2, 0.25) is 0 Å². The number of aliphatic hydroxyl groups is 1. The Kier molecular flexibility index (Phi) is 6.45. The fourth-order valence-electron chi connectivity index (χ4n) is 3.97. The highest BCUT2D eigenvalue weighted by molar-refractivity contribution is 5.63. The van der Waals surface area contributed by atoms with Crippen molar-refractivity contribution in [2.24, 2.45) is 5.92 Å². The Morgan fingerprint density at radius 2 is 1.97 bits per heavy atom. The molecule has 1 saturated heterocycles. The van der Waals surface area contributed by atoms with Crippen molar-refractivity contribution in [2.45, 2.75) is 57.0 Å². The van der Waals surface area contributed by atoms with Gasteiger partial charge < -0.3 is 25.0 Å². The maximum absolute atomic E-state index is 13.4. The molecule has 3 heterocycles. The average molecular weight is 487 g/mol. The molecule has 0 bridgehead atoms. The number of halogens is 5. The first-order valence-electron chi connectivity index (χ1n) is 11.0. The summed E-state index contributed by atoms with van der Waals surface area (Å²) in [4.78, 5) is 10.1. The molecule has 1 atom stereocenters. The van der Waals surface area contributed by atoms with Gasteiger partial charge in [-0.15, -0.1) is 13.2 Å². The van der Waals surface area contributed by atoms with Gasteiger partial charge in [-0.05, 0) is 24.8 Å². The van der Waals surface area contributed by atoms with E-state index in [-0.39, 0.29) is 37.4 Å². The number of ether oxygens (including phenoxy) is 1. The van der Waals surface area contributed by atoms with Crippen molar-refractivity contribution in [3.8, 4) is 17.0 Å². The fraction of sp³-hybridized carbons (Fsp3) is 0.545. The van der Waals surface area contributed by atoms with Gasteiger partial charge in [0.25, 0.3) is 5.92 Å². The quantitative estimate of drug-likeness (QED) is 0.533. The highest BCUT2D eigenvalue weighted by Crippen LogP contribution is 2.41. The van der Waals surface area contributed by atoms with Crippen LogP contribution in [-0.2, 0) is 6.54 Å². The molecule has 2 aromatic heterocycles. The number of piperidine rings is 1. The maximum Gasteiger partial charge on any atom is 0.573 e. The van der Waals surface area contributed by atoms with Crippen LogP contribution in [0.2, 0.25) is 0 Å². The Labute approximate surface area is 193 Å². The number of pyridine rings is 1. The molecule has 12 heteroatoms. The van der Waals surface area contributed by atoms with E-state index in [1.54, 1.807) is 10.8 Å². The number of hydrogen-bond donors (Lipinski definition) is 2. The predicted molar refractivity (Wildman–Crippen MR) is 114 cm³/mol. The molecule has 0 amide bonds. The first-order chi connectivity index (χ1) is 15.9. The molecule has 3 N–H and O–H groups in total. The summed E-state index contributed by atoms with van der Waals surface area (Å²) in [7, 11) is 0. The van der Waals surface area contributed by atoms with Gasteiger partial charge in [-0.2, -0.15) is 0 Å². The number of aliphatic hydroxyl groups excluding tert-OH is 1. The van der Waals surface area contributed by atoms with E-state index in [2.05, 4.69) is 21.3 Å². The van der Waals surface area contributed by atoms with Gasteiger partial charge >= 0.3 is 6.36 Å². The molecule has 1 saturated carbocycles. The molecule has 0 aromatic carbocycles. The molecule has 1 aliphatic heterocycles. The van der Waals surface area contributed by atoms with E-state index < -0.39 is 30.0 Å². The number of likely N-dealkylation sites (tertiary alicyclic amines) is 1. The normalized spacial score (nSPS) is 19.2. The Bertz CT molecular complexity index is 1040. The Balaban J connectivity index is 1.53. The van der Waals surface area contributed by atoms with E-state index in [0.29, 0.717) is 30.2 Å². The molecule has 1 aliphatic carbocycles. The number of anilines is 1. The number of imidazole rings is 1. The van der Waals surface area contributed by atoms with Crippen molar-refractivity contribution in [1.82, 2.24) is 19.4 Å². The molecule has 186 valence electrons. The summed E-state index contributed by atoms with van der Waals surface area (Å²) >= 11 is 0. The zero-order valence-corrected chi connectivity index (χ0v) is 18.4. The van der Waals surface area contributed by atoms with Crippen LogP contribution in [-0.4, -0.2) is 49.9 Å². The number of aromatic nitrogens is 3. The summed E-state index contributed by atoms with van der Waals surface area (Å²) in [6.45, 7) is 4.83. The van der Waals surface area contributed by atoms with Crippen LogP contribution in [0, 0.1) is 5.92 Å². The van der Waals surface area contributed by atoms with Crippen LogP contribution in [0.1, 0.15) is 44.0 Å². The Hall–Kier alpha value is -2.89. The van der Waals surface area contributed by atoms with Crippen molar-refractivity contribution in [2.75, 3.05) is 18.8 Å². The second-order valence-corrected chi connectivity index (χ2v) is 8.77. The molecule has 7 nitrogen and oxygen atoms in total. The monoisotopic (exact) mass is 487 g/mol. The van der Waals surface area contributed by atoms with Crippen LogP contribution in [0.15, 0.2) is 30.7 Å². The lowest BCUT2D eigenvalue weighted by Crippen LogP contribution is -2.38. The van der Waals surface area contributed by atoms with Crippen LogP contribution in [0.4, 0.5) is 27.8 Å². The third-order valence-corrected chi connectivity index (χ3v) is 6.13. The van der Waals surface area contributed by atoms with E-state index in [9.17, 15) is 27.1 Å². The number of allylic oxidation sites excluding steroid dienone is 1. The van der Waals surface area contributed by atoms with E-state index in [1.165, 1.54) is 6.20 Å². The molecule has 0 spiro atoms. The van der Waals surface area contributed by atoms with Crippen molar-refractivity contribution in [3.63, 3.8) is 0 Å². The number of alkyl halides is 5. The van der Waals surface area contributed by atoms with Crippen LogP contribution in [0.5, 0.6) is 5.75 Å². The first-order valence-corrected chi connectivity index (χ1v) is 11.0. The van der Waals surface area contributed by atoms with Crippen molar-refractivity contribution in [3.05, 3.63) is 36.6 Å². The predicted octanol–water partition coefficient (Wildman–Crippen LogP) is 4.50. The molecule has 4 rings (SSSR count). The summed E-state index contributed by atoms with van der Waals surface area (Å²) in [5, 5.41) is 10.7. The smallest absolute Gasteiger partial charge is 0.402 e. The van der Waals surface area contributed by atoms with Crippen LogP contribution in [0.3, 0.4) is 0 Å². The van der Waals surface area contributed by atoms with E-state index in [1.807, 2.05) is 4.90 Å². The molecular formula is C22H26F5N5O2. The van der Waals surface area contributed by atoms with Crippen molar-refractivity contribution < 1.29 is 31.8 Å². The lowest BCUT2D eigenvalue weighted by Gasteiger charge is -2.34. The molecule has 34 heavy (non-hydrogen) atoms. The van der Waals surface area contributed by atoms with E-state index in [0.717, 1.165) is 18.9 Å². The minimum absolute atomic E-state index is 0.0650. The van der Waals surface area contributed by atoms with Gasteiger partial charge in [-0.1, -0.05) is 6.58 Å². The molecule has 2 aliphatic rings. The standard InChI is InChI=1S/C22H26F5N5O2/c1-13(31-8-5-21(23,24)6-9-31)4-7-32-12-16(30-20(32)18(33)14-2-3-14)15-10-17(19(28)29-11-15)34-22(25,26)27/h10-12,14,18,33H,1-9H2,(H2,28,29). The molecule has 0 radical (unpaired) electrons. The van der Waals surface area contributed by atoms with Gasteiger partial charge in [0, 0.05) is 62.6 Å². The summed E-state index contributed by atoms with van der Waals surface area (Å²) in [5.41, 5.74) is 6.76. The summed E-state index contributed by atoms with van der Waals surface area (Å²) in [6.07, 6.45) is -1.17. The molecule has 2 fully saturated rings. The zero-order chi connectivity index (χ0) is 24.7. The SMILES string of the molecule is C=C(CCn1cc(-c2cnc(N)c(OC(F)(F)F)c2)nc1C(O)C1CC1)N1CCC(F)(F)CC1. The summed E-state index contributed by atoms with van der Waals surface area (Å²) < 4.78 is 70.6. The minimum atomic E-state index is -4.93. The van der Waals surface area contributed by atoms with Gasteiger partial charge in [0.05, 0.1) is 5.69 Å². The second kappa shape index (κ2) is 9.05. The third-order valence-electron chi connectivity index (χ3n) is 6.13. The summed E-state index contributed by atoms with van der Waals surface area (Å²) in [5.74, 6) is -3.26. The number of aryl methyl sites for hydroxylation is 1. The topological polar surface area (TPSA) is 89.4 Å². The molecule has 1 unspecified atom stereocenters. The van der Waals surface area contributed by atoms with E-state index in [4.69, 9.17) is 5.73 Å². The fourth-order valence-corrected chi connectivity index (χ4v) is 3.97. The zero-order valence-electron chi connectivity index (χ0n) is 18.4. The van der Waals surface area contributed by atoms with Crippen LogP contribution < -0.4 is 10.5 Å². The van der Waals surface area contributed by atoms with Gasteiger partial charge in [0.1, 0.15) is 11.9 Å². The van der Waals surface area contributed by atoms with Gasteiger partial charge in [0.15, 0.2) is 11.6 Å². The average Bonchev–Trinajstić information content (AvgIpc) is 3.51. The van der Waals surface area contributed by atoms with Gasteiger partial charge in [-0.25, -0.2) is 18.7 Å². The van der Waals surface area contributed by atoms with Crippen LogP contribution >= 0.6 is 0 Å². The maximum atomic E-state index is 13.4. The lowest BCUT2D eigenvalue weighted by atomic mass is 10.1. The minimum Gasteiger partial charge on any atom is -0.402 e. The Morgan fingerprint density at radius 1 is 1.29 bits per heavy atom. The first kappa shape index (κ1) is 24.2. The van der Waals surface area contributed by atoms with Gasteiger partial charge in [-0.3, -0.25) is 0 Å². The molecule has 2 aromatic rings. The highest BCUT2D eigenvalue weighted by Gasteiger charge is 2.36. The number of nitrogens with zero attached hydrogens (tertiary/aromatic N) is 4. The molecular weight excluding hydrogens is 461 g/mol. The third kappa shape index (κ3) is 5.78. The number of nitrogen functional groups attached to an aromatic ring is 1. The highest BCUT2D eigenvalue weighted by atomic mass is 19.4.